The van der Waals surface area contributed by atoms with E-state index in [9.17, 15) is 9.59 Å². The largest absolute Gasteiger partial charge is 0.480 e. The van der Waals surface area contributed by atoms with Crippen molar-refractivity contribution < 1.29 is 19.4 Å². The van der Waals surface area contributed by atoms with Crippen molar-refractivity contribution in [3.05, 3.63) is 28.8 Å². The highest BCUT2D eigenvalue weighted by molar-refractivity contribution is 7.98. The van der Waals surface area contributed by atoms with E-state index < -0.39 is 12.0 Å². The van der Waals surface area contributed by atoms with Crippen LogP contribution in [0.1, 0.15) is 30.5 Å². The zero-order valence-corrected chi connectivity index (χ0v) is 16.5. The van der Waals surface area contributed by atoms with Crippen molar-refractivity contribution >= 4 is 29.4 Å². The molecular weight excluding hydrogens is 340 g/mol. The van der Waals surface area contributed by atoms with Crippen LogP contribution in [0.15, 0.2) is 12.1 Å². The van der Waals surface area contributed by atoms with E-state index >= 15 is 0 Å². The van der Waals surface area contributed by atoms with E-state index in [1.807, 2.05) is 13.2 Å². The number of carbonyl (C=O) groups is 2. The molecule has 0 radical (unpaired) electrons. The first-order valence-electron chi connectivity index (χ1n) is 8.20. The molecule has 0 unspecified atom stereocenters. The maximum absolute atomic E-state index is 10.8. The monoisotopic (exact) mass is 370 g/mol. The van der Waals surface area contributed by atoms with Gasteiger partial charge >= 0.3 is 11.9 Å². The molecule has 7 heteroatoms. The third kappa shape index (κ3) is 9.36. The van der Waals surface area contributed by atoms with Gasteiger partial charge in [-0.3, -0.25) is 9.59 Å². The zero-order valence-electron chi connectivity index (χ0n) is 15.7. The maximum atomic E-state index is 10.8. The van der Waals surface area contributed by atoms with Crippen molar-refractivity contribution in [2.75, 3.05) is 30.5 Å². The second kappa shape index (κ2) is 12.6. The summed E-state index contributed by atoms with van der Waals surface area (Å²) in [5, 5.41) is 11.9. The lowest BCUT2D eigenvalue weighted by atomic mass is 10.0. The van der Waals surface area contributed by atoms with E-state index in [1.165, 1.54) is 11.1 Å². The number of aryl methyl sites for hydroxylation is 3. The molecule has 1 atom stereocenters. The Kier molecular flexibility index (Phi) is 11.7. The summed E-state index contributed by atoms with van der Waals surface area (Å²) in [6.45, 7) is 8.23. The van der Waals surface area contributed by atoms with Crippen LogP contribution >= 0.6 is 11.8 Å². The van der Waals surface area contributed by atoms with Gasteiger partial charge in [0.25, 0.3) is 0 Å². The first-order valence-corrected chi connectivity index (χ1v) is 9.60. The van der Waals surface area contributed by atoms with Crippen molar-refractivity contribution in [3.63, 3.8) is 0 Å². The van der Waals surface area contributed by atoms with E-state index in [1.54, 1.807) is 18.7 Å². The third-order valence-electron chi connectivity index (χ3n) is 3.39. The summed E-state index contributed by atoms with van der Waals surface area (Å²) < 4.78 is 4.65. The van der Waals surface area contributed by atoms with Gasteiger partial charge in [-0.05, 0) is 44.6 Å². The van der Waals surface area contributed by atoms with E-state index in [0.29, 0.717) is 6.61 Å². The number of anilines is 1. The quantitative estimate of drug-likeness (QED) is 0.477. The molecule has 0 saturated heterocycles. The smallest absolute Gasteiger partial charge is 0.325 e. The molecule has 0 spiro atoms. The fraction of sp³-hybridized carbons (Fsp3) is 0.556. The average molecular weight is 371 g/mol. The molecule has 0 heterocycles. The van der Waals surface area contributed by atoms with Crippen LogP contribution in [-0.4, -0.2) is 48.2 Å². The van der Waals surface area contributed by atoms with Gasteiger partial charge in [0.1, 0.15) is 12.6 Å². The summed E-state index contributed by atoms with van der Waals surface area (Å²) in [5.74, 6) is -0.322. The van der Waals surface area contributed by atoms with Gasteiger partial charge in [-0.25, -0.2) is 0 Å². The lowest BCUT2D eigenvalue weighted by Gasteiger charge is -2.17. The van der Waals surface area contributed by atoms with Crippen LogP contribution in [0, 0.1) is 13.8 Å². The Morgan fingerprint density at radius 3 is 2.48 bits per heavy atom. The minimum Gasteiger partial charge on any atom is -0.480 e. The van der Waals surface area contributed by atoms with Crippen LogP contribution in [-0.2, 0) is 20.7 Å². The van der Waals surface area contributed by atoms with Gasteiger partial charge in [0, 0.05) is 11.4 Å². The van der Waals surface area contributed by atoms with Gasteiger partial charge in [0.05, 0.1) is 6.54 Å². The summed E-state index contributed by atoms with van der Waals surface area (Å²) >= 11 is 1.64. The van der Waals surface area contributed by atoms with Crippen molar-refractivity contribution in [2.45, 2.75) is 40.2 Å². The molecule has 0 aliphatic carbocycles. The number of nitrogens with one attached hydrogen (secondary N) is 1. The Morgan fingerprint density at radius 1 is 1.36 bits per heavy atom. The predicted octanol–water partition coefficient (Wildman–Crippen LogP) is 2.60. The average Bonchev–Trinajstić information content (AvgIpc) is 2.57. The highest BCUT2D eigenvalue weighted by Crippen LogP contribution is 2.24. The van der Waals surface area contributed by atoms with E-state index in [0.717, 1.165) is 23.4 Å². The summed E-state index contributed by atoms with van der Waals surface area (Å²) in [4.78, 5) is 21.1. The van der Waals surface area contributed by atoms with Crippen molar-refractivity contribution in [1.29, 1.82) is 0 Å². The molecule has 142 valence electrons. The standard InChI is InChI=1S/C13H19NO2.C5H11NO2S/c1-5-11-7-8(2)6-9(3)12(11)14-10(4)13(15)16;1-9-3-2-8-5(7)4-6/h6-7,10,14H,5H2,1-4H3,(H,15,16);2-4,6H2,1H3/t10-;/m0./s1. The Bertz CT molecular complexity index is 564. The molecule has 0 amide bonds. The number of hydrogen-bond acceptors (Lipinski definition) is 6. The number of nitrogens with two attached hydrogens (primary N) is 1. The number of carboxylic acids is 1. The van der Waals surface area contributed by atoms with Gasteiger partial charge in [-0.1, -0.05) is 24.6 Å². The number of aliphatic carboxylic acids is 1. The van der Waals surface area contributed by atoms with E-state index in [4.69, 9.17) is 10.8 Å². The number of ether oxygens (including phenoxy) is 1. The topological polar surface area (TPSA) is 102 Å². The summed E-state index contributed by atoms with van der Waals surface area (Å²) in [7, 11) is 0. The number of esters is 1. The molecule has 0 aliphatic rings. The minimum atomic E-state index is -0.831. The van der Waals surface area contributed by atoms with Gasteiger partial charge in [0.2, 0.25) is 0 Å². The normalized spacial score (nSPS) is 11.1. The zero-order chi connectivity index (χ0) is 19.4. The predicted molar refractivity (Wildman–Crippen MR) is 104 cm³/mol. The van der Waals surface area contributed by atoms with E-state index in [2.05, 4.69) is 36.0 Å². The second-order valence-corrected chi connectivity index (χ2v) is 6.58. The Morgan fingerprint density at radius 2 is 2.00 bits per heavy atom. The number of rotatable bonds is 8. The van der Waals surface area contributed by atoms with E-state index in [-0.39, 0.29) is 12.5 Å². The third-order valence-corrected chi connectivity index (χ3v) is 3.97. The highest BCUT2D eigenvalue weighted by Gasteiger charge is 2.13. The Hall–Kier alpha value is -1.73. The highest BCUT2D eigenvalue weighted by atomic mass is 32.2. The molecule has 0 bridgehead atoms. The summed E-state index contributed by atoms with van der Waals surface area (Å²) in [6.07, 6.45) is 2.85. The van der Waals surface area contributed by atoms with Crippen LogP contribution in [0.4, 0.5) is 5.69 Å². The Balaban J connectivity index is 0.000000547. The molecule has 25 heavy (non-hydrogen) atoms. The number of carboxylic acid groups (broad SMARTS) is 1. The van der Waals surface area contributed by atoms with Gasteiger partial charge < -0.3 is 20.9 Å². The summed E-state index contributed by atoms with van der Waals surface area (Å²) in [5.41, 5.74) is 9.42. The minimum absolute atomic E-state index is 0.0195. The molecule has 0 aliphatic heterocycles. The first kappa shape index (κ1) is 23.3. The van der Waals surface area contributed by atoms with Gasteiger partial charge in [0.15, 0.2) is 0 Å². The van der Waals surface area contributed by atoms with Gasteiger partial charge in [-0.2, -0.15) is 11.8 Å². The molecule has 1 aromatic rings. The van der Waals surface area contributed by atoms with Crippen molar-refractivity contribution in [1.82, 2.24) is 0 Å². The van der Waals surface area contributed by atoms with Crippen LogP contribution in [0.25, 0.3) is 0 Å². The molecule has 0 saturated carbocycles. The van der Waals surface area contributed by atoms with Crippen LogP contribution < -0.4 is 11.1 Å². The van der Waals surface area contributed by atoms with Crippen LogP contribution in [0.2, 0.25) is 0 Å². The number of benzene rings is 1. The molecular formula is C18H30N2O4S. The van der Waals surface area contributed by atoms with Crippen LogP contribution in [0.3, 0.4) is 0 Å². The number of carbonyl (C=O) groups excluding carboxylic acids is 1. The Labute approximate surface area is 154 Å². The fourth-order valence-corrected chi connectivity index (χ4v) is 2.37. The molecule has 0 fully saturated rings. The molecule has 4 N–H and O–H groups in total. The van der Waals surface area contributed by atoms with Gasteiger partial charge in [-0.15, -0.1) is 0 Å². The molecule has 1 rings (SSSR count). The molecule has 0 aromatic heterocycles. The lowest BCUT2D eigenvalue weighted by Crippen LogP contribution is -2.26. The van der Waals surface area contributed by atoms with Crippen molar-refractivity contribution in [3.8, 4) is 0 Å². The fourth-order valence-electron chi connectivity index (χ4n) is 2.12. The summed E-state index contributed by atoms with van der Waals surface area (Å²) in [6, 6.07) is 3.60. The van der Waals surface area contributed by atoms with Crippen molar-refractivity contribution in [2.24, 2.45) is 5.73 Å². The lowest BCUT2D eigenvalue weighted by molar-refractivity contribution is -0.141. The molecule has 6 nitrogen and oxygen atoms in total. The maximum Gasteiger partial charge on any atom is 0.325 e. The second-order valence-electron chi connectivity index (χ2n) is 5.59. The van der Waals surface area contributed by atoms with Crippen LogP contribution in [0.5, 0.6) is 0 Å². The first-order chi connectivity index (χ1) is 11.8. The number of hydrogen-bond donors (Lipinski definition) is 3. The molecule has 1 aromatic carbocycles. The number of thioether (sulfide) groups is 1. The SMILES string of the molecule is CCc1cc(C)cc(C)c1N[C@@H](C)C(=O)O.CSCCOC(=O)CN.